The first kappa shape index (κ1) is 27.6. The molecule has 0 radical (unpaired) electrons. The molecule has 34 heavy (non-hydrogen) atoms. The highest BCUT2D eigenvalue weighted by atomic mass is 16.7. The molecule has 3 aliphatic rings. The number of unbranched alkanes of at least 4 members (excludes halogenated alkanes) is 5. The molecule has 2 saturated heterocycles. The summed E-state index contributed by atoms with van der Waals surface area (Å²) in [6.07, 6.45) is 17.2. The minimum Gasteiger partial charge on any atom is -0.466 e. The van der Waals surface area contributed by atoms with Gasteiger partial charge < -0.3 is 23.7 Å². The molecule has 0 aromatic rings. The molecule has 0 bridgehead atoms. The topological polar surface area (TPSA) is 63.2 Å². The van der Waals surface area contributed by atoms with Gasteiger partial charge in [0.15, 0.2) is 11.6 Å². The molecule has 6 nitrogen and oxygen atoms in total. The first-order valence-corrected chi connectivity index (χ1v) is 14.0. The summed E-state index contributed by atoms with van der Waals surface area (Å²) in [6.45, 7) is 9.54. The largest absolute Gasteiger partial charge is 0.466 e. The Morgan fingerprint density at radius 3 is 2.38 bits per heavy atom. The van der Waals surface area contributed by atoms with Crippen LogP contribution in [0.15, 0.2) is 12.2 Å². The molecule has 1 saturated carbocycles. The van der Waals surface area contributed by atoms with Crippen LogP contribution in [0.4, 0.5) is 0 Å². The van der Waals surface area contributed by atoms with Gasteiger partial charge in [0.05, 0.1) is 33.0 Å². The van der Waals surface area contributed by atoms with Crippen molar-refractivity contribution >= 4 is 5.97 Å². The molecule has 2 aliphatic heterocycles. The third-order valence-corrected chi connectivity index (χ3v) is 7.88. The van der Waals surface area contributed by atoms with Crippen molar-refractivity contribution in [3.8, 4) is 0 Å². The van der Waals surface area contributed by atoms with Crippen LogP contribution in [0.5, 0.6) is 0 Å². The Balaban J connectivity index is 1.56. The van der Waals surface area contributed by atoms with Crippen LogP contribution in [0.2, 0.25) is 0 Å². The van der Waals surface area contributed by atoms with E-state index < -0.39 is 11.6 Å². The molecule has 6 heteroatoms. The molecule has 3 rings (SSSR count). The smallest absolute Gasteiger partial charge is 0.305 e. The highest BCUT2D eigenvalue weighted by Gasteiger charge is 2.52. The third-order valence-electron chi connectivity index (χ3n) is 7.88. The summed E-state index contributed by atoms with van der Waals surface area (Å²) in [6, 6.07) is 0. The van der Waals surface area contributed by atoms with E-state index in [1.54, 1.807) is 0 Å². The monoisotopic (exact) mass is 480 g/mol. The summed E-state index contributed by atoms with van der Waals surface area (Å²) in [5, 5.41) is 0. The third kappa shape index (κ3) is 7.28. The Hall–Kier alpha value is -0.950. The van der Waals surface area contributed by atoms with E-state index in [-0.39, 0.29) is 5.97 Å². The SMILES string of the molecule is CCCCCC(C)C1(C=C[C@H]2CCC3(OCCO3)[C@@H]2CCCCCCC(=O)OCC)OCCO1. The molecule has 0 N–H and O–H groups in total. The van der Waals surface area contributed by atoms with Crippen molar-refractivity contribution < 1.29 is 28.5 Å². The second kappa shape index (κ2) is 14.0. The van der Waals surface area contributed by atoms with Crippen molar-refractivity contribution in [2.45, 2.75) is 109 Å². The molecule has 1 spiro atoms. The van der Waals surface area contributed by atoms with Gasteiger partial charge in [-0.3, -0.25) is 4.79 Å². The number of hydrogen-bond donors (Lipinski definition) is 0. The lowest BCUT2D eigenvalue weighted by atomic mass is 9.85. The molecule has 0 aromatic carbocycles. The summed E-state index contributed by atoms with van der Waals surface area (Å²) in [4.78, 5) is 11.5. The summed E-state index contributed by atoms with van der Waals surface area (Å²) in [7, 11) is 0. The number of hydrogen-bond acceptors (Lipinski definition) is 6. The first-order valence-electron chi connectivity index (χ1n) is 14.0. The fraction of sp³-hybridized carbons (Fsp3) is 0.893. The van der Waals surface area contributed by atoms with Crippen LogP contribution < -0.4 is 0 Å². The average Bonchev–Trinajstić information content (AvgIpc) is 3.57. The van der Waals surface area contributed by atoms with Gasteiger partial charge in [0.25, 0.3) is 0 Å². The van der Waals surface area contributed by atoms with Gasteiger partial charge in [0, 0.05) is 24.7 Å². The van der Waals surface area contributed by atoms with E-state index in [4.69, 9.17) is 23.7 Å². The van der Waals surface area contributed by atoms with E-state index in [1.807, 2.05) is 6.92 Å². The summed E-state index contributed by atoms with van der Waals surface area (Å²) in [5.74, 6) is 0.0140. The maximum atomic E-state index is 11.5. The molecule has 196 valence electrons. The number of carbonyl (C=O) groups excluding carboxylic acids is 1. The normalized spacial score (nSPS) is 26.6. The van der Waals surface area contributed by atoms with Crippen molar-refractivity contribution in [3.63, 3.8) is 0 Å². The summed E-state index contributed by atoms with van der Waals surface area (Å²) in [5.41, 5.74) is 0. The van der Waals surface area contributed by atoms with Gasteiger partial charge in [-0.15, -0.1) is 0 Å². The number of carbonyl (C=O) groups is 1. The number of ether oxygens (including phenoxy) is 5. The average molecular weight is 481 g/mol. The van der Waals surface area contributed by atoms with Gasteiger partial charge in [0.1, 0.15) is 0 Å². The summed E-state index contributed by atoms with van der Waals surface area (Å²) >= 11 is 0. The van der Waals surface area contributed by atoms with Gasteiger partial charge in [-0.1, -0.05) is 58.4 Å². The first-order chi connectivity index (χ1) is 16.6. The standard InChI is InChI=1S/C28H48O6/c1-4-6-9-12-23(3)27(31-19-20-32-27)17-15-24-16-18-28(33-21-22-34-28)25(24)13-10-7-8-11-14-26(29)30-5-2/h15,17,23-25H,4-14,16,18-22H2,1-3H3/t23?,24-,25+/m0/s1. The van der Waals surface area contributed by atoms with Crippen LogP contribution in [0.1, 0.15) is 97.8 Å². The highest BCUT2D eigenvalue weighted by Crippen LogP contribution is 2.49. The maximum Gasteiger partial charge on any atom is 0.305 e. The van der Waals surface area contributed by atoms with Crippen molar-refractivity contribution in [2.24, 2.45) is 17.8 Å². The maximum absolute atomic E-state index is 11.5. The molecule has 1 unspecified atom stereocenters. The van der Waals surface area contributed by atoms with E-state index >= 15 is 0 Å². The van der Waals surface area contributed by atoms with Crippen LogP contribution in [-0.2, 0) is 28.5 Å². The Morgan fingerprint density at radius 2 is 1.68 bits per heavy atom. The van der Waals surface area contributed by atoms with Gasteiger partial charge in [-0.2, -0.15) is 0 Å². The highest BCUT2D eigenvalue weighted by molar-refractivity contribution is 5.69. The molecule has 2 heterocycles. The Labute approximate surface area is 207 Å². The number of allylic oxidation sites excluding steroid dienone is 1. The Bertz CT molecular complexity index is 620. The molecule has 3 fully saturated rings. The second-order valence-corrected chi connectivity index (χ2v) is 10.2. The fourth-order valence-corrected chi connectivity index (χ4v) is 5.94. The molecule has 0 amide bonds. The Kier molecular flexibility index (Phi) is 11.3. The lowest BCUT2D eigenvalue weighted by Gasteiger charge is -2.33. The van der Waals surface area contributed by atoms with Crippen molar-refractivity contribution in [3.05, 3.63) is 12.2 Å². The predicted octanol–water partition coefficient (Wildman–Crippen LogP) is 6.18. The van der Waals surface area contributed by atoms with Crippen LogP contribution >= 0.6 is 0 Å². The lowest BCUT2D eigenvalue weighted by Crippen LogP contribution is -2.37. The number of rotatable bonds is 15. The van der Waals surface area contributed by atoms with E-state index in [0.29, 0.717) is 57.2 Å². The minimum atomic E-state index is -0.585. The minimum absolute atomic E-state index is 0.0793. The van der Waals surface area contributed by atoms with Gasteiger partial charge in [-0.05, 0) is 44.6 Å². The number of esters is 1. The zero-order valence-corrected chi connectivity index (χ0v) is 21.9. The lowest BCUT2D eigenvalue weighted by molar-refractivity contribution is -0.186. The van der Waals surface area contributed by atoms with Crippen LogP contribution in [0, 0.1) is 17.8 Å². The zero-order chi connectivity index (χ0) is 24.3. The molecule has 0 aromatic heterocycles. The van der Waals surface area contributed by atoms with Crippen molar-refractivity contribution in [1.82, 2.24) is 0 Å². The van der Waals surface area contributed by atoms with Crippen LogP contribution in [0.3, 0.4) is 0 Å². The van der Waals surface area contributed by atoms with Gasteiger partial charge >= 0.3 is 5.97 Å². The van der Waals surface area contributed by atoms with Crippen molar-refractivity contribution in [1.29, 1.82) is 0 Å². The molecule has 1 aliphatic carbocycles. The van der Waals surface area contributed by atoms with E-state index in [2.05, 4.69) is 26.0 Å². The van der Waals surface area contributed by atoms with Crippen molar-refractivity contribution in [2.75, 3.05) is 33.0 Å². The zero-order valence-electron chi connectivity index (χ0n) is 21.9. The van der Waals surface area contributed by atoms with Gasteiger partial charge in [-0.25, -0.2) is 0 Å². The molecular weight excluding hydrogens is 432 g/mol. The van der Waals surface area contributed by atoms with Gasteiger partial charge in [0.2, 0.25) is 0 Å². The van der Waals surface area contributed by atoms with Crippen LogP contribution in [0.25, 0.3) is 0 Å². The van der Waals surface area contributed by atoms with E-state index in [1.165, 1.54) is 19.3 Å². The Morgan fingerprint density at radius 1 is 0.971 bits per heavy atom. The molecule has 3 atom stereocenters. The van der Waals surface area contributed by atoms with E-state index in [0.717, 1.165) is 51.4 Å². The van der Waals surface area contributed by atoms with Crippen LogP contribution in [-0.4, -0.2) is 50.6 Å². The van der Waals surface area contributed by atoms with E-state index in [9.17, 15) is 4.79 Å². The predicted molar refractivity (Wildman–Crippen MR) is 132 cm³/mol. The summed E-state index contributed by atoms with van der Waals surface area (Å²) < 4.78 is 29.8. The second-order valence-electron chi connectivity index (χ2n) is 10.2. The molecular formula is C28H48O6. The fourth-order valence-electron chi connectivity index (χ4n) is 5.94. The quantitative estimate of drug-likeness (QED) is 0.159.